The fourth-order valence-corrected chi connectivity index (χ4v) is 5.50. The SMILES string of the molecule is Cc1cc(N2CCNCC2)c2cc(NS(=O)(=O)c3ccc4c(Cl)cccc4c3)ccc2n1. The zero-order valence-corrected chi connectivity index (χ0v) is 19.2. The van der Waals surface area contributed by atoms with Crippen molar-refractivity contribution >= 4 is 54.7 Å². The summed E-state index contributed by atoms with van der Waals surface area (Å²) in [5.41, 5.74) is 3.37. The molecule has 8 heteroatoms. The first-order valence-corrected chi connectivity index (χ1v) is 12.3. The van der Waals surface area contributed by atoms with E-state index >= 15 is 0 Å². The number of rotatable bonds is 4. The highest BCUT2D eigenvalue weighted by Crippen LogP contribution is 2.31. The van der Waals surface area contributed by atoms with Gasteiger partial charge in [0.1, 0.15) is 0 Å². The second kappa shape index (κ2) is 8.24. The number of sulfonamides is 1. The summed E-state index contributed by atoms with van der Waals surface area (Å²) in [5, 5.41) is 6.49. The molecule has 5 rings (SSSR count). The summed E-state index contributed by atoms with van der Waals surface area (Å²) in [7, 11) is -3.77. The highest BCUT2D eigenvalue weighted by atomic mass is 35.5. The predicted molar refractivity (Wildman–Crippen MR) is 131 cm³/mol. The number of benzene rings is 3. The Bertz CT molecular complexity index is 1430. The van der Waals surface area contributed by atoms with Gasteiger partial charge in [0.05, 0.1) is 10.4 Å². The standard InChI is InChI=1S/C24H23ClN4O2S/c1-16-13-24(29-11-9-26-10-12-29)21-15-18(5-8-23(21)27-16)28-32(30,31)19-6-7-20-17(14-19)3-2-4-22(20)25/h2-8,13-15,26,28H,9-12H2,1H3. The van der Waals surface area contributed by atoms with Crippen molar-refractivity contribution in [3.8, 4) is 0 Å². The molecule has 0 radical (unpaired) electrons. The molecule has 3 aromatic carbocycles. The normalized spacial score (nSPS) is 14.8. The molecule has 164 valence electrons. The molecule has 0 unspecified atom stereocenters. The molecule has 0 bridgehead atoms. The second-order valence-corrected chi connectivity index (χ2v) is 10.1. The van der Waals surface area contributed by atoms with E-state index in [1.165, 1.54) is 0 Å². The molecule has 0 aliphatic carbocycles. The molecule has 1 aromatic heterocycles. The third-order valence-corrected chi connectivity index (χ3v) is 7.44. The van der Waals surface area contributed by atoms with Gasteiger partial charge in [0.15, 0.2) is 0 Å². The van der Waals surface area contributed by atoms with Crippen LogP contribution in [0.15, 0.2) is 65.6 Å². The van der Waals surface area contributed by atoms with E-state index in [-0.39, 0.29) is 4.90 Å². The van der Waals surface area contributed by atoms with Crippen LogP contribution in [0.2, 0.25) is 5.02 Å². The molecule has 32 heavy (non-hydrogen) atoms. The number of fused-ring (bicyclic) bond motifs is 2. The number of pyridine rings is 1. The highest BCUT2D eigenvalue weighted by molar-refractivity contribution is 7.92. The van der Waals surface area contributed by atoms with Crippen LogP contribution in [0.25, 0.3) is 21.7 Å². The van der Waals surface area contributed by atoms with Crippen LogP contribution in [0.5, 0.6) is 0 Å². The molecular formula is C24H23ClN4O2S. The Labute approximate surface area is 192 Å². The van der Waals surface area contributed by atoms with Gasteiger partial charge >= 0.3 is 0 Å². The Hall–Kier alpha value is -2.87. The van der Waals surface area contributed by atoms with Crippen molar-refractivity contribution in [2.45, 2.75) is 11.8 Å². The molecule has 2 N–H and O–H groups in total. The quantitative estimate of drug-likeness (QED) is 0.461. The molecule has 0 saturated carbocycles. The summed E-state index contributed by atoms with van der Waals surface area (Å²) in [6, 6.07) is 18.0. The van der Waals surface area contributed by atoms with Gasteiger partial charge in [0.2, 0.25) is 0 Å². The Balaban J connectivity index is 1.52. The van der Waals surface area contributed by atoms with Gasteiger partial charge in [-0.25, -0.2) is 8.42 Å². The number of halogens is 1. The van der Waals surface area contributed by atoms with E-state index in [2.05, 4.69) is 26.0 Å². The summed E-state index contributed by atoms with van der Waals surface area (Å²) < 4.78 is 29.0. The Morgan fingerprint density at radius 3 is 2.62 bits per heavy atom. The third kappa shape index (κ3) is 3.99. The molecule has 4 aromatic rings. The minimum atomic E-state index is -3.77. The molecule has 1 fully saturated rings. The van der Waals surface area contributed by atoms with Gasteiger partial charge < -0.3 is 10.2 Å². The summed E-state index contributed by atoms with van der Waals surface area (Å²) in [6.45, 7) is 5.61. The minimum absolute atomic E-state index is 0.191. The molecule has 0 spiro atoms. The van der Waals surface area contributed by atoms with E-state index in [1.807, 2.05) is 31.2 Å². The lowest BCUT2D eigenvalue weighted by molar-refractivity contribution is 0.590. The monoisotopic (exact) mass is 466 g/mol. The largest absolute Gasteiger partial charge is 0.368 e. The van der Waals surface area contributed by atoms with E-state index < -0.39 is 10.0 Å². The van der Waals surface area contributed by atoms with E-state index in [1.54, 1.807) is 30.3 Å². The van der Waals surface area contributed by atoms with Gasteiger partial charge in [-0.3, -0.25) is 9.71 Å². The first kappa shape index (κ1) is 21.0. The molecule has 1 aliphatic heterocycles. The van der Waals surface area contributed by atoms with Gasteiger partial charge in [-0.1, -0.05) is 29.8 Å². The number of hydrogen-bond donors (Lipinski definition) is 2. The molecule has 1 saturated heterocycles. The lowest BCUT2D eigenvalue weighted by atomic mass is 10.1. The summed E-state index contributed by atoms with van der Waals surface area (Å²) in [6.07, 6.45) is 0. The maximum Gasteiger partial charge on any atom is 0.261 e. The summed E-state index contributed by atoms with van der Waals surface area (Å²) in [5.74, 6) is 0. The first-order chi connectivity index (χ1) is 15.4. The zero-order valence-electron chi connectivity index (χ0n) is 17.6. The molecular weight excluding hydrogens is 444 g/mol. The molecule has 2 heterocycles. The zero-order chi connectivity index (χ0) is 22.3. The predicted octanol–water partition coefficient (Wildman–Crippen LogP) is 4.56. The van der Waals surface area contributed by atoms with Crippen molar-refractivity contribution in [1.82, 2.24) is 10.3 Å². The Morgan fingerprint density at radius 1 is 1.00 bits per heavy atom. The van der Waals surface area contributed by atoms with E-state index in [9.17, 15) is 8.42 Å². The number of aryl methyl sites for hydroxylation is 1. The van der Waals surface area contributed by atoms with Crippen LogP contribution >= 0.6 is 11.6 Å². The molecule has 6 nitrogen and oxygen atoms in total. The van der Waals surface area contributed by atoms with Gasteiger partial charge in [-0.05, 0) is 54.8 Å². The Morgan fingerprint density at radius 2 is 1.81 bits per heavy atom. The maximum absolute atomic E-state index is 13.1. The summed E-state index contributed by atoms with van der Waals surface area (Å²) >= 11 is 6.22. The van der Waals surface area contributed by atoms with Gasteiger partial charge in [0.25, 0.3) is 10.0 Å². The van der Waals surface area contributed by atoms with Crippen LogP contribution in [0.3, 0.4) is 0 Å². The van der Waals surface area contributed by atoms with Gasteiger partial charge in [-0.2, -0.15) is 0 Å². The van der Waals surface area contributed by atoms with Crippen LogP contribution < -0.4 is 14.9 Å². The lowest BCUT2D eigenvalue weighted by Crippen LogP contribution is -2.43. The van der Waals surface area contributed by atoms with E-state index in [0.717, 1.165) is 59.2 Å². The topological polar surface area (TPSA) is 74.3 Å². The average Bonchev–Trinajstić information content (AvgIpc) is 2.79. The van der Waals surface area contributed by atoms with Crippen molar-refractivity contribution in [3.05, 3.63) is 71.4 Å². The first-order valence-electron chi connectivity index (χ1n) is 10.5. The molecule has 0 atom stereocenters. The fourth-order valence-electron chi connectivity index (χ4n) is 4.17. The lowest BCUT2D eigenvalue weighted by Gasteiger charge is -2.30. The smallest absolute Gasteiger partial charge is 0.261 e. The third-order valence-electron chi connectivity index (χ3n) is 5.73. The molecule has 1 aliphatic rings. The average molecular weight is 467 g/mol. The van der Waals surface area contributed by atoms with E-state index in [0.29, 0.717) is 10.7 Å². The fraction of sp³-hybridized carbons (Fsp3) is 0.208. The summed E-state index contributed by atoms with van der Waals surface area (Å²) in [4.78, 5) is 7.15. The van der Waals surface area contributed by atoms with Crippen molar-refractivity contribution in [3.63, 3.8) is 0 Å². The number of piperazine rings is 1. The van der Waals surface area contributed by atoms with Crippen LogP contribution in [-0.4, -0.2) is 39.6 Å². The van der Waals surface area contributed by atoms with Crippen molar-refractivity contribution in [2.24, 2.45) is 0 Å². The van der Waals surface area contributed by atoms with Gasteiger partial charge in [-0.15, -0.1) is 0 Å². The number of hydrogen-bond acceptors (Lipinski definition) is 5. The van der Waals surface area contributed by atoms with Crippen molar-refractivity contribution in [1.29, 1.82) is 0 Å². The van der Waals surface area contributed by atoms with Crippen LogP contribution in [-0.2, 0) is 10.0 Å². The highest BCUT2D eigenvalue weighted by Gasteiger charge is 2.18. The number of anilines is 2. The van der Waals surface area contributed by atoms with Crippen LogP contribution in [0.4, 0.5) is 11.4 Å². The van der Waals surface area contributed by atoms with Crippen LogP contribution in [0, 0.1) is 6.92 Å². The molecule has 0 amide bonds. The van der Waals surface area contributed by atoms with Crippen LogP contribution in [0.1, 0.15) is 5.69 Å². The second-order valence-electron chi connectivity index (χ2n) is 7.98. The number of nitrogens with zero attached hydrogens (tertiary/aromatic N) is 2. The van der Waals surface area contributed by atoms with E-state index in [4.69, 9.17) is 11.6 Å². The number of aromatic nitrogens is 1. The van der Waals surface area contributed by atoms with Crippen molar-refractivity contribution < 1.29 is 8.42 Å². The maximum atomic E-state index is 13.1. The minimum Gasteiger partial charge on any atom is -0.368 e. The number of nitrogens with one attached hydrogen (secondary N) is 2. The van der Waals surface area contributed by atoms with Gasteiger partial charge in [0, 0.05) is 59.0 Å². The van der Waals surface area contributed by atoms with Crippen molar-refractivity contribution in [2.75, 3.05) is 35.8 Å². The Kier molecular flexibility index (Phi) is 5.41.